The highest BCUT2D eigenvalue weighted by atomic mass is 16.5. The monoisotopic (exact) mass is 316 g/mol. The fourth-order valence-corrected chi connectivity index (χ4v) is 3.57. The number of nitrogens with one attached hydrogen (secondary N) is 1. The van der Waals surface area contributed by atoms with Crippen LogP contribution in [0.4, 0.5) is 0 Å². The molecule has 0 bridgehead atoms. The van der Waals surface area contributed by atoms with Crippen molar-refractivity contribution in [2.75, 3.05) is 26.2 Å². The molecule has 4 nitrogen and oxygen atoms in total. The van der Waals surface area contributed by atoms with E-state index < -0.39 is 0 Å². The van der Waals surface area contributed by atoms with Crippen LogP contribution in [0.3, 0.4) is 0 Å². The summed E-state index contributed by atoms with van der Waals surface area (Å²) in [6, 6.07) is 9.98. The molecule has 1 aromatic carbocycles. The summed E-state index contributed by atoms with van der Waals surface area (Å²) in [6.07, 6.45) is 6.34. The first-order valence-corrected chi connectivity index (χ1v) is 9.01. The zero-order valence-corrected chi connectivity index (χ0v) is 13.9. The van der Waals surface area contributed by atoms with E-state index in [0.717, 1.165) is 63.5 Å². The minimum Gasteiger partial charge on any atom is -0.490 e. The van der Waals surface area contributed by atoms with Crippen LogP contribution in [0.15, 0.2) is 30.3 Å². The maximum Gasteiger partial charge on any atom is 0.222 e. The number of para-hydroxylation sites is 1. The number of rotatable bonds is 5. The molecule has 2 aliphatic rings. The third-order valence-electron chi connectivity index (χ3n) is 5.07. The average Bonchev–Trinajstić information content (AvgIpc) is 2.62. The normalized spacial score (nSPS) is 20.4. The van der Waals surface area contributed by atoms with E-state index in [0.29, 0.717) is 5.91 Å². The van der Waals surface area contributed by atoms with Gasteiger partial charge in [0.25, 0.3) is 0 Å². The Morgan fingerprint density at radius 1 is 1.09 bits per heavy atom. The number of hydrogen-bond acceptors (Lipinski definition) is 3. The van der Waals surface area contributed by atoms with Gasteiger partial charge in [-0.3, -0.25) is 4.79 Å². The molecule has 4 heteroatoms. The van der Waals surface area contributed by atoms with Crippen molar-refractivity contribution in [2.45, 2.75) is 44.6 Å². The lowest BCUT2D eigenvalue weighted by molar-refractivity contribution is -0.133. The molecule has 0 unspecified atom stereocenters. The van der Waals surface area contributed by atoms with Gasteiger partial charge in [0.1, 0.15) is 11.9 Å². The van der Waals surface area contributed by atoms with Crippen molar-refractivity contribution in [3.63, 3.8) is 0 Å². The molecular weight excluding hydrogens is 288 g/mol. The second-order valence-electron chi connectivity index (χ2n) is 6.74. The Kier molecular flexibility index (Phi) is 5.92. The molecule has 0 atom stereocenters. The molecule has 2 aliphatic heterocycles. The van der Waals surface area contributed by atoms with E-state index in [4.69, 9.17) is 4.74 Å². The summed E-state index contributed by atoms with van der Waals surface area (Å²) in [5.74, 6) is 2.00. The molecule has 23 heavy (non-hydrogen) atoms. The standard InChI is InChI=1S/C19H28N2O2/c22-19(7-6-16-8-12-20-13-9-16)21-14-10-18(11-15-21)23-17-4-2-1-3-5-17/h1-5,16,18,20H,6-15H2. The van der Waals surface area contributed by atoms with Crippen LogP contribution >= 0.6 is 0 Å². The van der Waals surface area contributed by atoms with Crippen molar-refractivity contribution in [1.82, 2.24) is 10.2 Å². The molecule has 1 amide bonds. The van der Waals surface area contributed by atoms with Crippen molar-refractivity contribution in [2.24, 2.45) is 5.92 Å². The van der Waals surface area contributed by atoms with E-state index in [2.05, 4.69) is 5.32 Å². The van der Waals surface area contributed by atoms with E-state index >= 15 is 0 Å². The van der Waals surface area contributed by atoms with Gasteiger partial charge >= 0.3 is 0 Å². The van der Waals surface area contributed by atoms with Crippen LogP contribution < -0.4 is 10.1 Å². The van der Waals surface area contributed by atoms with Crippen LogP contribution in [0.2, 0.25) is 0 Å². The molecule has 126 valence electrons. The second kappa shape index (κ2) is 8.34. The third kappa shape index (κ3) is 4.96. The van der Waals surface area contributed by atoms with Crippen LogP contribution in [-0.4, -0.2) is 43.1 Å². The van der Waals surface area contributed by atoms with Gasteiger partial charge in [0.15, 0.2) is 0 Å². The summed E-state index contributed by atoms with van der Waals surface area (Å²) in [5.41, 5.74) is 0. The van der Waals surface area contributed by atoms with Crippen molar-refractivity contribution in [1.29, 1.82) is 0 Å². The van der Waals surface area contributed by atoms with Crippen LogP contribution in [-0.2, 0) is 4.79 Å². The van der Waals surface area contributed by atoms with Crippen LogP contribution in [0, 0.1) is 5.92 Å². The fourth-order valence-electron chi connectivity index (χ4n) is 3.57. The van der Waals surface area contributed by atoms with E-state index in [1.807, 2.05) is 35.2 Å². The molecule has 0 aliphatic carbocycles. The minimum absolute atomic E-state index is 0.242. The molecule has 3 rings (SSSR count). The van der Waals surface area contributed by atoms with Gasteiger partial charge in [-0.05, 0) is 50.4 Å². The highest BCUT2D eigenvalue weighted by Crippen LogP contribution is 2.21. The van der Waals surface area contributed by atoms with Crippen molar-refractivity contribution in [3.05, 3.63) is 30.3 Å². The van der Waals surface area contributed by atoms with Crippen molar-refractivity contribution >= 4 is 5.91 Å². The Hall–Kier alpha value is -1.55. The molecule has 0 radical (unpaired) electrons. The van der Waals surface area contributed by atoms with Crippen LogP contribution in [0.5, 0.6) is 5.75 Å². The highest BCUT2D eigenvalue weighted by Gasteiger charge is 2.24. The largest absolute Gasteiger partial charge is 0.490 e. The van der Waals surface area contributed by atoms with Gasteiger partial charge in [0, 0.05) is 32.4 Å². The number of piperidine rings is 2. The fraction of sp³-hybridized carbons (Fsp3) is 0.632. The SMILES string of the molecule is O=C(CCC1CCNCC1)N1CCC(Oc2ccccc2)CC1. The van der Waals surface area contributed by atoms with Gasteiger partial charge in [0.05, 0.1) is 0 Å². The minimum atomic E-state index is 0.242. The second-order valence-corrected chi connectivity index (χ2v) is 6.74. The van der Waals surface area contributed by atoms with Crippen molar-refractivity contribution < 1.29 is 9.53 Å². The molecule has 2 heterocycles. The summed E-state index contributed by atoms with van der Waals surface area (Å²) in [7, 11) is 0. The van der Waals surface area contributed by atoms with E-state index in [9.17, 15) is 4.79 Å². The molecule has 2 saturated heterocycles. The van der Waals surface area contributed by atoms with Gasteiger partial charge in [-0.1, -0.05) is 18.2 Å². The highest BCUT2D eigenvalue weighted by molar-refractivity contribution is 5.76. The number of nitrogens with zero attached hydrogens (tertiary/aromatic N) is 1. The Labute approximate surface area is 139 Å². The summed E-state index contributed by atoms with van der Waals surface area (Å²) < 4.78 is 5.99. The van der Waals surface area contributed by atoms with Crippen LogP contribution in [0.1, 0.15) is 38.5 Å². The lowest BCUT2D eigenvalue weighted by atomic mass is 9.93. The van der Waals surface area contributed by atoms with E-state index in [1.165, 1.54) is 12.8 Å². The summed E-state index contributed by atoms with van der Waals surface area (Å²) in [4.78, 5) is 14.4. The topological polar surface area (TPSA) is 41.6 Å². The summed E-state index contributed by atoms with van der Waals surface area (Å²) >= 11 is 0. The zero-order chi connectivity index (χ0) is 15.9. The predicted octanol–water partition coefficient (Wildman–Crippen LogP) is 2.84. The zero-order valence-electron chi connectivity index (χ0n) is 13.9. The first-order valence-electron chi connectivity index (χ1n) is 9.01. The third-order valence-corrected chi connectivity index (χ3v) is 5.07. The Balaban J connectivity index is 1.37. The number of amides is 1. The van der Waals surface area contributed by atoms with Gasteiger partial charge in [0.2, 0.25) is 5.91 Å². The predicted molar refractivity (Wildman–Crippen MR) is 91.5 cm³/mol. The molecule has 1 N–H and O–H groups in total. The summed E-state index contributed by atoms with van der Waals surface area (Å²) in [5, 5.41) is 3.38. The smallest absolute Gasteiger partial charge is 0.222 e. The molecule has 0 saturated carbocycles. The van der Waals surface area contributed by atoms with Crippen molar-refractivity contribution in [3.8, 4) is 5.75 Å². The molecule has 0 spiro atoms. The Bertz CT molecular complexity index is 477. The van der Waals surface area contributed by atoms with Gasteiger partial charge in [-0.25, -0.2) is 0 Å². The first-order chi connectivity index (χ1) is 11.3. The number of carbonyl (C=O) groups excluding carboxylic acids is 1. The number of hydrogen-bond donors (Lipinski definition) is 1. The Morgan fingerprint density at radius 2 is 1.78 bits per heavy atom. The lowest BCUT2D eigenvalue weighted by Crippen LogP contribution is -2.42. The number of benzene rings is 1. The molecule has 0 aromatic heterocycles. The van der Waals surface area contributed by atoms with Gasteiger partial charge in [-0.15, -0.1) is 0 Å². The molecule has 1 aromatic rings. The van der Waals surface area contributed by atoms with Crippen LogP contribution in [0.25, 0.3) is 0 Å². The quantitative estimate of drug-likeness (QED) is 0.908. The summed E-state index contributed by atoms with van der Waals surface area (Å²) in [6.45, 7) is 3.90. The number of ether oxygens (including phenoxy) is 1. The number of likely N-dealkylation sites (tertiary alicyclic amines) is 1. The Morgan fingerprint density at radius 3 is 2.48 bits per heavy atom. The van der Waals surface area contributed by atoms with Gasteiger partial charge in [-0.2, -0.15) is 0 Å². The lowest BCUT2D eigenvalue weighted by Gasteiger charge is -2.32. The molecule has 2 fully saturated rings. The van der Waals surface area contributed by atoms with E-state index in [-0.39, 0.29) is 6.10 Å². The maximum atomic E-state index is 12.4. The number of carbonyl (C=O) groups is 1. The van der Waals surface area contributed by atoms with Gasteiger partial charge < -0.3 is 15.0 Å². The maximum absolute atomic E-state index is 12.4. The molecular formula is C19H28N2O2. The van der Waals surface area contributed by atoms with E-state index in [1.54, 1.807) is 0 Å². The first kappa shape index (κ1) is 16.3. The average molecular weight is 316 g/mol.